The SMILES string of the molecule is CC.CCn1ncc2cc(C)cnc21. The predicted octanol–water partition coefficient (Wildman–Crippen LogP) is 2.79. The van der Waals surface area contributed by atoms with E-state index in [2.05, 4.69) is 23.1 Å². The highest BCUT2D eigenvalue weighted by molar-refractivity contribution is 5.74. The van der Waals surface area contributed by atoms with Gasteiger partial charge in [-0.3, -0.25) is 0 Å². The van der Waals surface area contributed by atoms with Crippen LogP contribution in [-0.4, -0.2) is 14.8 Å². The predicted molar refractivity (Wildman–Crippen MR) is 59.3 cm³/mol. The molecule has 0 bridgehead atoms. The first-order valence-corrected chi connectivity index (χ1v) is 5.09. The summed E-state index contributed by atoms with van der Waals surface area (Å²) in [5, 5.41) is 5.33. The molecule has 0 unspecified atom stereocenters. The van der Waals surface area contributed by atoms with E-state index in [1.54, 1.807) is 0 Å². The molecule has 0 fully saturated rings. The topological polar surface area (TPSA) is 30.7 Å². The molecule has 0 saturated heterocycles. The second-order valence-electron chi connectivity index (χ2n) is 2.89. The van der Waals surface area contributed by atoms with Crippen molar-refractivity contribution in [1.82, 2.24) is 14.8 Å². The Morgan fingerprint density at radius 2 is 2.00 bits per heavy atom. The van der Waals surface area contributed by atoms with Gasteiger partial charge in [0.2, 0.25) is 0 Å². The van der Waals surface area contributed by atoms with Gasteiger partial charge in [-0.1, -0.05) is 13.8 Å². The van der Waals surface area contributed by atoms with Crippen LogP contribution in [0.25, 0.3) is 11.0 Å². The lowest BCUT2D eigenvalue weighted by atomic mass is 10.3. The number of nitrogens with zero attached hydrogens (tertiary/aromatic N) is 3. The fourth-order valence-corrected chi connectivity index (χ4v) is 1.31. The molecule has 0 saturated carbocycles. The van der Waals surface area contributed by atoms with Gasteiger partial charge in [0.15, 0.2) is 5.65 Å². The van der Waals surface area contributed by atoms with Crippen LogP contribution >= 0.6 is 0 Å². The Morgan fingerprint density at radius 3 is 2.64 bits per heavy atom. The summed E-state index contributed by atoms with van der Waals surface area (Å²) >= 11 is 0. The van der Waals surface area contributed by atoms with Crippen LogP contribution in [0.2, 0.25) is 0 Å². The molecule has 3 heteroatoms. The van der Waals surface area contributed by atoms with Crippen molar-refractivity contribution in [2.75, 3.05) is 0 Å². The van der Waals surface area contributed by atoms with Gasteiger partial charge in [-0.15, -0.1) is 0 Å². The quantitative estimate of drug-likeness (QED) is 0.694. The van der Waals surface area contributed by atoms with Gasteiger partial charge in [0.25, 0.3) is 0 Å². The first kappa shape index (κ1) is 10.7. The van der Waals surface area contributed by atoms with Gasteiger partial charge in [0.05, 0.1) is 6.20 Å². The molecule has 2 heterocycles. The lowest BCUT2D eigenvalue weighted by Gasteiger charge is -1.96. The number of fused-ring (bicyclic) bond motifs is 1. The van der Waals surface area contributed by atoms with Gasteiger partial charge in [-0.25, -0.2) is 9.67 Å². The van der Waals surface area contributed by atoms with Crippen molar-refractivity contribution in [3.63, 3.8) is 0 Å². The first-order chi connectivity index (χ1) is 6.81. The smallest absolute Gasteiger partial charge is 0.157 e. The van der Waals surface area contributed by atoms with E-state index in [-0.39, 0.29) is 0 Å². The van der Waals surface area contributed by atoms with Crippen LogP contribution in [0.1, 0.15) is 26.3 Å². The largest absolute Gasteiger partial charge is 0.248 e. The number of pyridine rings is 1. The molecular weight excluding hydrogens is 174 g/mol. The number of aryl methyl sites for hydroxylation is 2. The maximum Gasteiger partial charge on any atom is 0.157 e. The Hall–Kier alpha value is -1.38. The molecule has 2 aromatic heterocycles. The zero-order valence-corrected chi connectivity index (χ0v) is 9.28. The number of rotatable bonds is 1. The van der Waals surface area contributed by atoms with Gasteiger partial charge < -0.3 is 0 Å². The Morgan fingerprint density at radius 1 is 1.29 bits per heavy atom. The van der Waals surface area contributed by atoms with Crippen LogP contribution in [0.4, 0.5) is 0 Å². The monoisotopic (exact) mass is 191 g/mol. The fourth-order valence-electron chi connectivity index (χ4n) is 1.31. The van der Waals surface area contributed by atoms with Gasteiger partial charge in [-0.2, -0.15) is 5.10 Å². The summed E-state index contributed by atoms with van der Waals surface area (Å²) in [6, 6.07) is 2.10. The van der Waals surface area contributed by atoms with Crippen LogP contribution in [0, 0.1) is 6.92 Å². The highest BCUT2D eigenvalue weighted by atomic mass is 15.3. The van der Waals surface area contributed by atoms with Crippen LogP contribution < -0.4 is 0 Å². The van der Waals surface area contributed by atoms with Gasteiger partial charge >= 0.3 is 0 Å². The molecule has 14 heavy (non-hydrogen) atoms. The molecule has 3 nitrogen and oxygen atoms in total. The third-order valence-electron chi connectivity index (χ3n) is 1.91. The maximum absolute atomic E-state index is 4.31. The molecule has 0 atom stereocenters. The summed E-state index contributed by atoms with van der Waals surface area (Å²) in [7, 11) is 0. The van der Waals surface area contributed by atoms with E-state index in [4.69, 9.17) is 0 Å². The molecular formula is C11H17N3. The van der Waals surface area contributed by atoms with Crippen molar-refractivity contribution in [1.29, 1.82) is 0 Å². The Balaban J connectivity index is 0.000000461. The molecule has 0 spiro atoms. The van der Waals surface area contributed by atoms with Crippen molar-refractivity contribution >= 4 is 11.0 Å². The van der Waals surface area contributed by atoms with Crippen LogP contribution in [0.15, 0.2) is 18.5 Å². The Labute approximate surface area is 84.8 Å². The number of hydrogen-bond donors (Lipinski definition) is 0. The highest BCUT2D eigenvalue weighted by Crippen LogP contribution is 2.11. The third kappa shape index (κ3) is 1.92. The summed E-state index contributed by atoms with van der Waals surface area (Å²) in [5.74, 6) is 0. The summed E-state index contributed by atoms with van der Waals surface area (Å²) in [4.78, 5) is 4.31. The van der Waals surface area contributed by atoms with Crippen LogP contribution in [-0.2, 0) is 6.54 Å². The molecule has 76 valence electrons. The summed E-state index contributed by atoms with van der Waals surface area (Å²) in [5.41, 5.74) is 2.15. The van der Waals surface area contributed by atoms with E-state index in [1.165, 1.54) is 5.56 Å². The zero-order chi connectivity index (χ0) is 10.6. The molecule has 0 amide bonds. The summed E-state index contributed by atoms with van der Waals surface area (Å²) in [6.07, 6.45) is 3.73. The van der Waals surface area contributed by atoms with Crippen LogP contribution in [0.5, 0.6) is 0 Å². The van der Waals surface area contributed by atoms with Gasteiger partial charge in [-0.05, 0) is 25.5 Å². The molecule has 0 aliphatic carbocycles. The minimum Gasteiger partial charge on any atom is -0.248 e. The average molecular weight is 191 g/mol. The lowest BCUT2D eigenvalue weighted by Crippen LogP contribution is -1.96. The van der Waals surface area contributed by atoms with Crippen molar-refractivity contribution in [3.8, 4) is 0 Å². The standard InChI is InChI=1S/C9H11N3.C2H6/c1-3-12-9-8(6-11-12)4-7(2)5-10-9;1-2/h4-6H,3H2,1-2H3;1-2H3. The third-order valence-corrected chi connectivity index (χ3v) is 1.91. The zero-order valence-electron chi connectivity index (χ0n) is 9.28. The number of aromatic nitrogens is 3. The van der Waals surface area contributed by atoms with Gasteiger partial charge in [0.1, 0.15) is 0 Å². The van der Waals surface area contributed by atoms with E-state index in [0.717, 1.165) is 17.6 Å². The first-order valence-electron chi connectivity index (χ1n) is 5.09. The van der Waals surface area contributed by atoms with Crippen LogP contribution in [0.3, 0.4) is 0 Å². The Bertz CT molecular complexity index is 404. The second kappa shape index (κ2) is 4.74. The van der Waals surface area contributed by atoms with Crippen molar-refractivity contribution < 1.29 is 0 Å². The summed E-state index contributed by atoms with van der Waals surface area (Å²) in [6.45, 7) is 8.98. The highest BCUT2D eigenvalue weighted by Gasteiger charge is 2.00. The van der Waals surface area contributed by atoms with E-state index < -0.39 is 0 Å². The minimum absolute atomic E-state index is 0.875. The molecule has 0 aromatic carbocycles. The molecule has 0 N–H and O–H groups in total. The molecule has 0 radical (unpaired) electrons. The molecule has 0 aliphatic heterocycles. The van der Waals surface area contributed by atoms with E-state index in [0.29, 0.717) is 0 Å². The van der Waals surface area contributed by atoms with E-state index in [1.807, 2.05) is 37.8 Å². The summed E-state index contributed by atoms with van der Waals surface area (Å²) < 4.78 is 1.90. The normalized spacial score (nSPS) is 9.71. The number of hydrogen-bond acceptors (Lipinski definition) is 2. The fraction of sp³-hybridized carbons (Fsp3) is 0.455. The van der Waals surface area contributed by atoms with Crippen molar-refractivity contribution in [2.45, 2.75) is 34.2 Å². The van der Waals surface area contributed by atoms with Crippen molar-refractivity contribution in [2.24, 2.45) is 0 Å². The molecule has 2 rings (SSSR count). The second-order valence-corrected chi connectivity index (χ2v) is 2.89. The molecule has 0 aliphatic rings. The lowest BCUT2D eigenvalue weighted by molar-refractivity contribution is 0.676. The van der Waals surface area contributed by atoms with E-state index >= 15 is 0 Å². The maximum atomic E-state index is 4.31. The van der Waals surface area contributed by atoms with Gasteiger partial charge in [0, 0.05) is 18.1 Å². The Kier molecular flexibility index (Phi) is 3.63. The van der Waals surface area contributed by atoms with Crippen molar-refractivity contribution in [3.05, 3.63) is 24.0 Å². The minimum atomic E-state index is 0.875. The average Bonchev–Trinajstić information content (AvgIpc) is 2.62. The molecule has 2 aromatic rings. The van der Waals surface area contributed by atoms with E-state index in [9.17, 15) is 0 Å².